The maximum absolute atomic E-state index is 12.9. The van der Waals surface area contributed by atoms with Gasteiger partial charge in [0, 0.05) is 29.7 Å². The van der Waals surface area contributed by atoms with Crippen molar-refractivity contribution < 1.29 is 9.18 Å². The van der Waals surface area contributed by atoms with Crippen LogP contribution in [0.2, 0.25) is 5.02 Å². The summed E-state index contributed by atoms with van der Waals surface area (Å²) in [7, 11) is 0. The van der Waals surface area contributed by atoms with Crippen LogP contribution in [0.1, 0.15) is 6.42 Å². The van der Waals surface area contributed by atoms with Gasteiger partial charge in [-0.1, -0.05) is 11.6 Å². The van der Waals surface area contributed by atoms with Crippen LogP contribution < -0.4 is 5.32 Å². The zero-order chi connectivity index (χ0) is 16.0. The van der Waals surface area contributed by atoms with Crippen LogP contribution in [-0.4, -0.2) is 26.4 Å². The number of hydrogen-bond donors (Lipinski definition) is 1. The summed E-state index contributed by atoms with van der Waals surface area (Å²) < 4.78 is 14.7. The van der Waals surface area contributed by atoms with Crippen molar-refractivity contribution in [2.75, 3.05) is 5.32 Å². The molecule has 3 heterocycles. The van der Waals surface area contributed by atoms with E-state index in [-0.39, 0.29) is 5.91 Å². The molecule has 1 N–H and O–H groups in total. The van der Waals surface area contributed by atoms with Crippen LogP contribution in [0.25, 0.3) is 16.8 Å². The SMILES string of the molecule is O=C(Nc1cn2cc(-c3cnccc3Cl)ccc2n1)[C@@H]1C[C@@H]1F. The zero-order valence-corrected chi connectivity index (χ0v) is 12.7. The summed E-state index contributed by atoms with van der Waals surface area (Å²) >= 11 is 6.18. The molecule has 0 spiro atoms. The third-order valence-electron chi connectivity index (χ3n) is 3.83. The number of alkyl halides is 1. The lowest BCUT2D eigenvalue weighted by Gasteiger charge is -2.04. The number of anilines is 1. The van der Waals surface area contributed by atoms with E-state index in [9.17, 15) is 9.18 Å². The topological polar surface area (TPSA) is 59.3 Å². The molecule has 7 heteroatoms. The number of rotatable bonds is 3. The second-order valence-electron chi connectivity index (χ2n) is 5.51. The van der Waals surface area contributed by atoms with E-state index in [0.29, 0.717) is 22.9 Å². The average molecular weight is 331 g/mol. The smallest absolute Gasteiger partial charge is 0.231 e. The minimum absolute atomic E-state index is 0.295. The molecule has 1 aliphatic carbocycles. The Morgan fingerprint density at radius 1 is 1.35 bits per heavy atom. The maximum Gasteiger partial charge on any atom is 0.231 e. The first kappa shape index (κ1) is 14.1. The number of carbonyl (C=O) groups is 1. The molecule has 0 bridgehead atoms. The first-order valence-corrected chi connectivity index (χ1v) is 7.53. The Hall–Kier alpha value is -2.47. The Labute approximate surface area is 136 Å². The van der Waals surface area contributed by atoms with Gasteiger partial charge in [-0.2, -0.15) is 0 Å². The standard InChI is InChI=1S/C16H12ClFN4O/c17-12-3-4-19-6-11(12)9-1-2-15-20-14(8-22(15)7-9)21-16(23)10-5-13(10)18/h1-4,6-8,10,13H,5H2,(H,21,23)/t10-,13+/m1/s1. The van der Waals surface area contributed by atoms with Crippen LogP contribution in [0.3, 0.4) is 0 Å². The molecule has 0 saturated heterocycles. The van der Waals surface area contributed by atoms with Gasteiger partial charge in [-0.25, -0.2) is 9.37 Å². The van der Waals surface area contributed by atoms with E-state index >= 15 is 0 Å². The Morgan fingerprint density at radius 3 is 2.91 bits per heavy atom. The van der Waals surface area contributed by atoms with E-state index in [0.717, 1.165) is 11.1 Å². The molecule has 3 aromatic heterocycles. The van der Waals surface area contributed by atoms with Gasteiger partial charge in [0.2, 0.25) is 5.91 Å². The van der Waals surface area contributed by atoms with Crippen molar-refractivity contribution >= 4 is 29.0 Å². The number of nitrogens with one attached hydrogen (secondary N) is 1. The summed E-state index contributed by atoms with van der Waals surface area (Å²) in [5, 5.41) is 3.25. The van der Waals surface area contributed by atoms with Crippen LogP contribution in [-0.2, 0) is 4.79 Å². The van der Waals surface area contributed by atoms with Gasteiger partial charge in [-0.05, 0) is 24.6 Å². The van der Waals surface area contributed by atoms with Crippen molar-refractivity contribution in [3.05, 3.63) is 48.0 Å². The number of imidazole rings is 1. The highest BCUT2D eigenvalue weighted by Gasteiger charge is 2.43. The molecule has 2 atom stereocenters. The number of halogens is 2. The number of nitrogens with zero attached hydrogens (tertiary/aromatic N) is 3. The van der Waals surface area contributed by atoms with E-state index in [2.05, 4.69) is 15.3 Å². The molecule has 1 aliphatic rings. The van der Waals surface area contributed by atoms with Gasteiger partial charge >= 0.3 is 0 Å². The largest absolute Gasteiger partial charge is 0.309 e. The molecule has 0 aliphatic heterocycles. The molecule has 1 amide bonds. The van der Waals surface area contributed by atoms with Gasteiger partial charge in [0.15, 0.2) is 5.82 Å². The van der Waals surface area contributed by atoms with Crippen molar-refractivity contribution in [1.82, 2.24) is 14.4 Å². The number of carbonyl (C=O) groups excluding carboxylic acids is 1. The lowest BCUT2D eigenvalue weighted by molar-refractivity contribution is -0.117. The van der Waals surface area contributed by atoms with E-state index in [4.69, 9.17) is 11.6 Å². The van der Waals surface area contributed by atoms with E-state index in [1.165, 1.54) is 0 Å². The van der Waals surface area contributed by atoms with Gasteiger partial charge in [-0.3, -0.25) is 9.78 Å². The molecule has 0 aromatic carbocycles. The van der Waals surface area contributed by atoms with E-state index < -0.39 is 12.1 Å². The van der Waals surface area contributed by atoms with Gasteiger partial charge < -0.3 is 9.72 Å². The van der Waals surface area contributed by atoms with Crippen molar-refractivity contribution in [1.29, 1.82) is 0 Å². The molecule has 116 valence electrons. The Balaban J connectivity index is 1.64. The van der Waals surface area contributed by atoms with Crippen molar-refractivity contribution in [3.63, 3.8) is 0 Å². The zero-order valence-electron chi connectivity index (χ0n) is 11.9. The molecule has 1 fully saturated rings. The summed E-state index contributed by atoms with van der Waals surface area (Å²) in [5.41, 5.74) is 2.38. The summed E-state index contributed by atoms with van der Waals surface area (Å²) in [6, 6.07) is 5.43. The van der Waals surface area contributed by atoms with Crippen molar-refractivity contribution in [2.24, 2.45) is 5.92 Å². The molecule has 1 saturated carbocycles. The van der Waals surface area contributed by atoms with Crippen molar-refractivity contribution in [2.45, 2.75) is 12.6 Å². The number of hydrogen-bond acceptors (Lipinski definition) is 3. The highest BCUT2D eigenvalue weighted by molar-refractivity contribution is 6.33. The first-order chi connectivity index (χ1) is 11.1. The molecule has 3 aromatic rings. The fourth-order valence-corrected chi connectivity index (χ4v) is 2.67. The van der Waals surface area contributed by atoms with Gasteiger partial charge in [0.25, 0.3) is 0 Å². The summed E-state index contributed by atoms with van der Waals surface area (Å²) in [4.78, 5) is 20.2. The third-order valence-corrected chi connectivity index (χ3v) is 4.16. The van der Waals surface area contributed by atoms with Gasteiger partial charge in [0.1, 0.15) is 11.8 Å². The lowest BCUT2D eigenvalue weighted by Crippen LogP contribution is -2.15. The van der Waals surface area contributed by atoms with E-state index in [1.807, 2.05) is 18.3 Å². The van der Waals surface area contributed by atoms with Crippen molar-refractivity contribution in [3.8, 4) is 11.1 Å². The summed E-state index contributed by atoms with van der Waals surface area (Å²) in [6.45, 7) is 0. The molecule has 0 unspecified atom stereocenters. The second-order valence-corrected chi connectivity index (χ2v) is 5.92. The number of amides is 1. The minimum atomic E-state index is -1.02. The number of aromatic nitrogens is 3. The quantitative estimate of drug-likeness (QED) is 0.801. The fraction of sp³-hybridized carbons (Fsp3) is 0.188. The summed E-state index contributed by atoms with van der Waals surface area (Å²) in [6.07, 6.45) is 6.14. The first-order valence-electron chi connectivity index (χ1n) is 7.15. The second kappa shape index (κ2) is 5.31. The molecular weight excluding hydrogens is 319 g/mol. The third kappa shape index (κ3) is 2.66. The average Bonchev–Trinajstić information content (AvgIpc) is 3.13. The molecule has 23 heavy (non-hydrogen) atoms. The van der Waals surface area contributed by atoms with Crippen LogP contribution in [0.4, 0.5) is 10.2 Å². The van der Waals surface area contributed by atoms with Gasteiger partial charge in [0.05, 0.1) is 17.1 Å². The number of pyridine rings is 2. The Kier molecular flexibility index (Phi) is 3.27. The Morgan fingerprint density at radius 2 is 2.17 bits per heavy atom. The molecule has 5 nitrogen and oxygen atoms in total. The minimum Gasteiger partial charge on any atom is -0.309 e. The lowest BCUT2D eigenvalue weighted by atomic mass is 10.1. The predicted molar refractivity (Wildman–Crippen MR) is 85.1 cm³/mol. The summed E-state index contributed by atoms with van der Waals surface area (Å²) in [5.74, 6) is -0.454. The van der Waals surface area contributed by atoms with E-state index in [1.54, 1.807) is 29.1 Å². The highest BCUT2D eigenvalue weighted by Crippen LogP contribution is 2.34. The fourth-order valence-electron chi connectivity index (χ4n) is 2.46. The van der Waals surface area contributed by atoms with Crippen LogP contribution in [0.5, 0.6) is 0 Å². The predicted octanol–water partition coefficient (Wildman–Crippen LogP) is 3.35. The molecule has 0 radical (unpaired) electrons. The molecular formula is C16H12ClFN4O. The van der Waals surface area contributed by atoms with Gasteiger partial charge in [-0.15, -0.1) is 0 Å². The van der Waals surface area contributed by atoms with Crippen LogP contribution in [0, 0.1) is 5.92 Å². The van der Waals surface area contributed by atoms with Crippen LogP contribution in [0.15, 0.2) is 43.0 Å². The van der Waals surface area contributed by atoms with Crippen LogP contribution >= 0.6 is 11.6 Å². The maximum atomic E-state index is 12.9. The monoisotopic (exact) mass is 330 g/mol. The normalized spacial score (nSPS) is 19.7. The number of fused-ring (bicyclic) bond motifs is 1. The highest BCUT2D eigenvalue weighted by atomic mass is 35.5. The Bertz CT molecular complexity index is 910. The molecule has 4 rings (SSSR count).